The van der Waals surface area contributed by atoms with Gasteiger partial charge in [0.15, 0.2) is 11.5 Å². The normalized spacial score (nSPS) is 21.1. The molecule has 5 atom stereocenters. The maximum absolute atomic E-state index is 13.5. The Bertz CT molecular complexity index is 4620. The van der Waals surface area contributed by atoms with Crippen molar-refractivity contribution in [3.63, 3.8) is 0 Å². The minimum atomic E-state index is -0.855. The lowest BCUT2D eigenvalue weighted by Crippen LogP contribution is -2.48. The smallest absolute Gasteiger partial charge is 0.494 e. The molecule has 3 unspecified atom stereocenters. The number of fused-ring (bicyclic) bond motifs is 1. The van der Waals surface area contributed by atoms with E-state index < -0.39 is 18.1 Å². The summed E-state index contributed by atoms with van der Waals surface area (Å²) in [6.07, 6.45) is 16.4. The molecule has 0 bridgehead atoms. The molecular weight excluding hydrogens is 1770 g/mol. The standard InChI is InChI=1S/C29H36ClN3O5.C15H20BClO3.C15H18ClNO3.C14H16ClNO3.C9H8BrClO.C6H4BrClO/c30-23-7-4-21(16-26(23)38-22-5-6-22)33-12-9-20(17-33)29(35)31-24(18-32-10-1-2-11-32)28(34)19-3-8-25-27(15-19)37-14-13-36-25;1-14(2)15(3,4)20-16(19-14)10-5-8-12(17)13(9-10)18-11-6-7-11;1-19-15(18)10-6-7-17(9-10)11-2-5-13(16)14(8-11)20-12-3-4-12;15-12-4-1-10(7-13(12)19-11-2-3-11)16-6-5-9(8-16)14(17)18;10-6-1-4-8(11)9(5-6)12-7-2-3-7;7-4-1-2-5(8)6(9)3-4/h3-4,7-8,15-16,20,22,24,28,34H,1-2,5-6,9-14,17-18H2,(H,31,35);5,8-9,11H,6-7H2,1-4H3;2,5,8,10,12H,3-4,6-7,9H2,1H3;1,4,7,9,11H,2-3,5-6,8H2,(H,17,18);1,4-5,7H,2-3H2;1-3,9H/t20?,24-,28-;;;;;/m1...../s1. The number of aliphatic carboxylic acids is 1. The fourth-order valence-corrected chi connectivity index (χ4v) is 15.6. The van der Waals surface area contributed by atoms with Crippen LogP contribution in [0.3, 0.4) is 0 Å². The summed E-state index contributed by atoms with van der Waals surface area (Å²) in [5.41, 5.74) is 4.05. The van der Waals surface area contributed by atoms with E-state index in [1.807, 2.05) is 137 Å². The van der Waals surface area contributed by atoms with Crippen LogP contribution in [0.5, 0.6) is 46.0 Å². The van der Waals surface area contributed by atoms with E-state index in [1.165, 1.54) is 7.11 Å². The van der Waals surface area contributed by atoms with Gasteiger partial charge in [0, 0.05) is 90.0 Å². The first kappa shape index (κ1) is 89.1. The minimum absolute atomic E-state index is 0.0169. The highest BCUT2D eigenvalue weighted by Gasteiger charge is 2.52. The lowest BCUT2D eigenvalue weighted by atomic mass is 9.79. The van der Waals surface area contributed by atoms with E-state index >= 15 is 0 Å². The summed E-state index contributed by atoms with van der Waals surface area (Å²) in [6, 6.07) is 38.7. The number of nitrogens with zero attached hydrogens (tertiary/aromatic N) is 4. The van der Waals surface area contributed by atoms with Crippen LogP contribution in [-0.2, 0) is 28.4 Å². The van der Waals surface area contributed by atoms with Gasteiger partial charge in [0.2, 0.25) is 5.91 Å². The lowest BCUT2D eigenvalue weighted by Gasteiger charge is -2.32. The van der Waals surface area contributed by atoms with E-state index in [1.54, 1.807) is 18.2 Å². The number of amides is 1. The predicted molar refractivity (Wildman–Crippen MR) is 470 cm³/mol. The SMILES string of the molecule is CC1(C)OB(c2ccc(Cl)c(OC3CC3)c2)OC1(C)C.COC(=O)C1CCN(c2ccc(Cl)c(OC3CC3)c2)C1.Clc1ccc(Br)cc1OC1CC1.O=C(N[C@H](CN1CCCC1)[C@H](O)c1ccc2c(c1)OCCO2)C1CCN(c2ccc(Cl)c(OC3CC3)c2)C1.O=C(O)C1CCN(c2ccc(Cl)c(OC3CC3)c2)C1.Oc1cc(Br)ccc1Cl. The molecule has 1 amide bonds. The number of aliphatic hydroxyl groups excluding tert-OH is 1. The van der Waals surface area contributed by atoms with E-state index in [0.29, 0.717) is 123 Å². The van der Waals surface area contributed by atoms with E-state index in [0.717, 1.165) is 177 Å². The Morgan fingerprint density at radius 2 is 0.890 bits per heavy atom. The number of halogens is 8. The third-order valence-corrected chi connectivity index (χ3v) is 25.2. The highest BCUT2D eigenvalue weighted by atomic mass is 79.9. The van der Waals surface area contributed by atoms with Crippen LogP contribution < -0.4 is 58.6 Å². The zero-order valence-electron chi connectivity index (χ0n) is 66.8. The number of aromatic hydroxyl groups is 1. The number of hydrogen-bond donors (Lipinski definition) is 4. The maximum Gasteiger partial charge on any atom is 0.494 e. The Kier molecular flexibility index (Phi) is 30.6. The molecule has 6 aliphatic heterocycles. The van der Waals surface area contributed by atoms with E-state index in [9.17, 15) is 19.5 Å². The van der Waals surface area contributed by atoms with E-state index in [-0.39, 0.29) is 59.8 Å². The second-order valence-corrected chi connectivity index (χ2v) is 36.8. The number of methoxy groups -OCH3 is 1. The number of benzene rings is 7. The molecule has 7 aromatic carbocycles. The number of aliphatic hydroxyl groups is 1. The molecule has 5 aliphatic carbocycles. The third kappa shape index (κ3) is 25.3. The van der Waals surface area contributed by atoms with Crippen molar-refractivity contribution in [3.8, 4) is 46.0 Å². The molecule has 30 heteroatoms. The van der Waals surface area contributed by atoms with Gasteiger partial charge in [-0.15, -0.1) is 0 Å². The Balaban J connectivity index is 0.000000130. The van der Waals surface area contributed by atoms with Crippen LogP contribution in [0, 0.1) is 17.8 Å². The van der Waals surface area contributed by atoms with Gasteiger partial charge in [-0.3, -0.25) is 14.4 Å². The van der Waals surface area contributed by atoms with Crippen LogP contribution in [0.25, 0.3) is 0 Å². The van der Waals surface area contributed by atoms with Crippen LogP contribution in [0.1, 0.15) is 136 Å². The second-order valence-electron chi connectivity index (χ2n) is 32.5. The summed E-state index contributed by atoms with van der Waals surface area (Å²) in [7, 11) is 1.06. The number of likely N-dealkylation sites (tertiary alicyclic amines) is 1. The van der Waals surface area contributed by atoms with Gasteiger partial charge in [0.25, 0.3) is 0 Å². The van der Waals surface area contributed by atoms with Crippen molar-refractivity contribution in [3.05, 3.63) is 172 Å². The number of carbonyl (C=O) groups excluding carboxylic acids is 2. The monoisotopic (exact) mass is 1860 g/mol. The number of ether oxygens (including phenoxy) is 8. The van der Waals surface area contributed by atoms with Gasteiger partial charge in [-0.1, -0.05) is 114 Å². The molecule has 21 nitrogen and oxygen atoms in total. The third-order valence-electron chi connectivity index (χ3n) is 22.3. The van der Waals surface area contributed by atoms with Gasteiger partial charge in [0.1, 0.15) is 53.8 Å². The van der Waals surface area contributed by atoms with Gasteiger partial charge in [-0.25, -0.2) is 0 Å². The van der Waals surface area contributed by atoms with Crippen LogP contribution in [0.4, 0.5) is 17.1 Å². The van der Waals surface area contributed by atoms with E-state index in [2.05, 4.69) is 56.8 Å². The molecule has 5 saturated heterocycles. The van der Waals surface area contributed by atoms with Gasteiger partial charge in [0.05, 0.1) is 103 Å². The number of carboxylic acid groups (broad SMARTS) is 1. The fraction of sp³-hybridized carbons (Fsp3) is 0.489. The number of esters is 1. The molecule has 4 N–H and O–H groups in total. The molecule has 7 aromatic rings. The fourth-order valence-electron chi connectivity index (χ4n) is 14.0. The summed E-state index contributed by atoms with van der Waals surface area (Å²) < 4.78 is 59.0. The lowest BCUT2D eigenvalue weighted by molar-refractivity contribution is -0.144. The summed E-state index contributed by atoms with van der Waals surface area (Å²) in [5, 5.41) is 36.2. The van der Waals surface area contributed by atoms with Crippen molar-refractivity contribution in [1.82, 2.24) is 10.2 Å². The highest BCUT2D eigenvalue weighted by molar-refractivity contribution is 9.10. The number of phenolic OH excluding ortho intramolecular Hbond substituents is 1. The Labute approximate surface area is 738 Å². The molecule has 118 heavy (non-hydrogen) atoms. The Hall–Kier alpha value is -6.65. The quantitative estimate of drug-likeness (QED) is 0.0365. The van der Waals surface area contributed by atoms with Gasteiger partial charge in [-0.05, 0) is 245 Å². The van der Waals surface area contributed by atoms with Crippen molar-refractivity contribution in [2.24, 2.45) is 17.8 Å². The Morgan fingerprint density at radius 3 is 1.33 bits per heavy atom. The molecule has 11 aliphatic rings. The molecule has 634 valence electrons. The zero-order valence-corrected chi connectivity index (χ0v) is 74.5. The highest BCUT2D eigenvalue weighted by Crippen LogP contribution is 2.43. The predicted octanol–water partition coefficient (Wildman–Crippen LogP) is 19.1. The van der Waals surface area contributed by atoms with Gasteiger partial charge < -0.3 is 87.4 Å². The molecule has 10 fully saturated rings. The topological polar surface area (TPSA) is 229 Å². The molecule has 18 rings (SSSR count). The first-order chi connectivity index (χ1) is 56.6. The van der Waals surface area contributed by atoms with Gasteiger partial charge in [-0.2, -0.15) is 0 Å². The maximum atomic E-state index is 13.5. The number of nitrogens with one attached hydrogen (secondary N) is 1. The number of carboxylic acids is 1. The van der Waals surface area contributed by atoms with Gasteiger partial charge >= 0.3 is 19.1 Å². The van der Waals surface area contributed by atoms with Crippen LogP contribution >= 0.6 is 101 Å². The molecule has 0 radical (unpaired) electrons. The minimum Gasteiger partial charge on any atom is -0.506 e. The average molecular weight is 1870 g/mol. The molecular formula is C88H102BBr2Cl6N5O16. The number of hydrogen-bond acceptors (Lipinski definition) is 19. The molecule has 0 spiro atoms. The van der Waals surface area contributed by atoms with Crippen LogP contribution in [-0.4, -0.2) is 172 Å². The summed E-state index contributed by atoms with van der Waals surface area (Å²) in [6.45, 7) is 16.0. The van der Waals surface area contributed by atoms with Crippen LogP contribution in [0.2, 0.25) is 30.1 Å². The van der Waals surface area contributed by atoms with Crippen molar-refractivity contribution < 1.29 is 76.9 Å². The molecule has 0 aromatic heterocycles. The van der Waals surface area contributed by atoms with Crippen molar-refractivity contribution >= 4 is 149 Å². The first-order valence-corrected chi connectivity index (χ1v) is 44.5. The van der Waals surface area contributed by atoms with Crippen LogP contribution in [0.15, 0.2) is 136 Å². The summed E-state index contributed by atoms with van der Waals surface area (Å²) in [4.78, 5) is 44.8. The van der Waals surface area contributed by atoms with Crippen molar-refractivity contribution in [2.75, 3.05) is 93.9 Å². The van der Waals surface area contributed by atoms with Crippen molar-refractivity contribution in [2.45, 2.75) is 178 Å². The largest absolute Gasteiger partial charge is 0.506 e. The molecule has 5 saturated carbocycles. The number of phenols is 1. The number of anilines is 3. The number of carbonyl (C=O) groups is 3. The molecule has 6 heterocycles. The second kappa shape index (κ2) is 40.6. The van der Waals surface area contributed by atoms with Crippen molar-refractivity contribution in [1.29, 1.82) is 0 Å². The zero-order chi connectivity index (χ0) is 83.5. The Morgan fingerprint density at radius 1 is 0.492 bits per heavy atom. The summed E-state index contributed by atoms with van der Waals surface area (Å²) in [5.74, 6) is 3.77. The first-order valence-electron chi connectivity index (χ1n) is 40.7. The number of rotatable bonds is 22. The van der Waals surface area contributed by atoms with E-state index in [4.69, 9.17) is 127 Å². The average Bonchev–Trinajstić information content (AvgIpc) is 1.61. The summed E-state index contributed by atoms with van der Waals surface area (Å²) >= 11 is 42.8.